The number of benzene rings is 4. The number of amides is 1. The van der Waals surface area contributed by atoms with Crippen molar-refractivity contribution in [2.75, 3.05) is 12.4 Å². The van der Waals surface area contributed by atoms with Crippen LogP contribution in [-0.2, 0) is 0 Å². The number of aromatic nitrogens is 1. The maximum Gasteiger partial charge on any atom is 0.255 e. The van der Waals surface area contributed by atoms with E-state index in [9.17, 15) is 4.79 Å². The molecule has 4 aromatic carbocycles. The predicted octanol–water partition coefficient (Wildman–Crippen LogP) is 6.22. The van der Waals surface area contributed by atoms with Crippen LogP contribution in [0.15, 0.2) is 83.3 Å². The largest absolute Gasteiger partial charge is 0.497 e. The second-order valence-electron chi connectivity index (χ2n) is 7.40. The molecule has 0 atom stereocenters. The Kier molecular flexibility index (Phi) is 4.64. The number of hydrogen-bond acceptors (Lipinski definition) is 4. The number of hydrogen-bond donors (Lipinski definition) is 1. The SMILES string of the molecule is COc1ccc2oc(-c3ccc(C)c(NC(=O)c4ccc5ccccc5c4)c3)nc2c1. The highest BCUT2D eigenvalue weighted by atomic mass is 16.5. The van der Waals surface area contributed by atoms with Crippen LogP contribution in [0.25, 0.3) is 33.3 Å². The highest BCUT2D eigenvalue weighted by Gasteiger charge is 2.13. The molecule has 0 bridgehead atoms. The summed E-state index contributed by atoms with van der Waals surface area (Å²) in [5.74, 6) is 1.05. The van der Waals surface area contributed by atoms with E-state index in [0.717, 1.165) is 38.9 Å². The molecule has 1 N–H and O–H groups in total. The number of fused-ring (bicyclic) bond motifs is 2. The molecule has 0 aliphatic heterocycles. The Morgan fingerprint density at radius 1 is 0.935 bits per heavy atom. The molecule has 0 fully saturated rings. The van der Waals surface area contributed by atoms with E-state index >= 15 is 0 Å². The van der Waals surface area contributed by atoms with Gasteiger partial charge in [-0.2, -0.15) is 0 Å². The number of carbonyl (C=O) groups is 1. The maximum atomic E-state index is 12.9. The molecular weight excluding hydrogens is 388 g/mol. The van der Waals surface area contributed by atoms with Crippen molar-refractivity contribution < 1.29 is 13.9 Å². The molecule has 1 heterocycles. The normalized spacial score (nSPS) is 11.0. The first-order valence-corrected chi connectivity index (χ1v) is 9.96. The van der Waals surface area contributed by atoms with Gasteiger partial charge in [0.25, 0.3) is 5.91 Å². The van der Waals surface area contributed by atoms with Gasteiger partial charge in [-0.25, -0.2) is 4.98 Å². The summed E-state index contributed by atoms with van der Waals surface area (Å²) in [6, 6.07) is 24.9. The minimum Gasteiger partial charge on any atom is -0.497 e. The fourth-order valence-corrected chi connectivity index (χ4v) is 3.57. The number of rotatable bonds is 4. The summed E-state index contributed by atoms with van der Waals surface area (Å²) < 4.78 is 11.2. The Labute approximate surface area is 179 Å². The van der Waals surface area contributed by atoms with Crippen molar-refractivity contribution in [2.45, 2.75) is 6.92 Å². The number of aryl methyl sites for hydroxylation is 1. The van der Waals surface area contributed by atoms with Crippen LogP contribution < -0.4 is 10.1 Å². The standard InChI is InChI=1S/C26H20N2O3/c1-16-7-8-20(26-28-23-15-21(30-2)11-12-24(23)31-26)14-22(16)27-25(29)19-10-9-17-5-3-4-6-18(17)13-19/h3-15H,1-2H3,(H,27,29). The van der Waals surface area contributed by atoms with Crippen LogP contribution in [0.1, 0.15) is 15.9 Å². The summed E-state index contributed by atoms with van der Waals surface area (Å²) in [4.78, 5) is 17.5. The lowest BCUT2D eigenvalue weighted by atomic mass is 10.1. The quantitative estimate of drug-likeness (QED) is 0.384. The number of methoxy groups -OCH3 is 1. The molecule has 1 amide bonds. The Balaban J connectivity index is 1.46. The number of anilines is 1. The van der Waals surface area contributed by atoms with E-state index in [-0.39, 0.29) is 5.91 Å². The van der Waals surface area contributed by atoms with Crippen molar-refractivity contribution in [3.8, 4) is 17.2 Å². The van der Waals surface area contributed by atoms with Gasteiger partial charge in [0.1, 0.15) is 11.3 Å². The van der Waals surface area contributed by atoms with Gasteiger partial charge in [-0.15, -0.1) is 0 Å². The molecule has 0 radical (unpaired) electrons. The molecule has 31 heavy (non-hydrogen) atoms. The second-order valence-corrected chi connectivity index (χ2v) is 7.40. The number of ether oxygens (including phenoxy) is 1. The van der Waals surface area contributed by atoms with Crippen LogP contribution in [0.3, 0.4) is 0 Å². The molecule has 0 saturated carbocycles. The average molecular weight is 408 g/mol. The Hall–Kier alpha value is -4.12. The highest BCUT2D eigenvalue weighted by Crippen LogP contribution is 2.30. The smallest absolute Gasteiger partial charge is 0.255 e. The van der Waals surface area contributed by atoms with Gasteiger partial charge in [0.15, 0.2) is 5.58 Å². The summed E-state index contributed by atoms with van der Waals surface area (Å²) >= 11 is 0. The minimum absolute atomic E-state index is 0.159. The minimum atomic E-state index is -0.159. The lowest BCUT2D eigenvalue weighted by Gasteiger charge is -2.10. The zero-order valence-corrected chi connectivity index (χ0v) is 17.2. The topological polar surface area (TPSA) is 64.4 Å². The molecule has 5 rings (SSSR count). The first-order chi connectivity index (χ1) is 15.1. The third-order valence-corrected chi connectivity index (χ3v) is 5.34. The van der Waals surface area contributed by atoms with E-state index in [2.05, 4.69) is 10.3 Å². The molecule has 0 aliphatic rings. The lowest BCUT2D eigenvalue weighted by molar-refractivity contribution is 0.102. The third-order valence-electron chi connectivity index (χ3n) is 5.34. The van der Waals surface area contributed by atoms with E-state index < -0.39 is 0 Å². The number of nitrogens with zero attached hydrogens (tertiary/aromatic N) is 1. The van der Waals surface area contributed by atoms with Gasteiger partial charge < -0.3 is 14.5 Å². The summed E-state index contributed by atoms with van der Waals surface area (Å²) in [7, 11) is 1.62. The molecule has 5 aromatic rings. The molecule has 0 unspecified atom stereocenters. The number of oxazole rings is 1. The van der Waals surface area contributed by atoms with E-state index in [1.165, 1.54) is 0 Å². The second kappa shape index (κ2) is 7.61. The maximum absolute atomic E-state index is 12.9. The van der Waals surface area contributed by atoms with Gasteiger partial charge in [0, 0.05) is 22.9 Å². The molecule has 0 saturated heterocycles. The van der Waals surface area contributed by atoms with Crippen LogP contribution >= 0.6 is 0 Å². The number of nitrogens with one attached hydrogen (secondary N) is 1. The fourth-order valence-electron chi connectivity index (χ4n) is 3.57. The highest BCUT2D eigenvalue weighted by molar-refractivity contribution is 6.07. The monoisotopic (exact) mass is 408 g/mol. The zero-order valence-electron chi connectivity index (χ0n) is 17.2. The van der Waals surface area contributed by atoms with Gasteiger partial charge in [-0.3, -0.25) is 4.79 Å². The van der Waals surface area contributed by atoms with Gasteiger partial charge in [0.2, 0.25) is 5.89 Å². The van der Waals surface area contributed by atoms with Crippen LogP contribution in [0.4, 0.5) is 5.69 Å². The molecule has 5 nitrogen and oxygen atoms in total. The van der Waals surface area contributed by atoms with Crippen LogP contribution in [0.5, 0.6) is 5.75 Å². The summed E-state index contributed by atoms with van der Waals surface area (Å²) in [5, 5.41) is 5.16. The van der Waals surface area contributed by atoms with Crippen molar-refractivity contribution in [1.82, 2.24) is 4.98 Å². The van der Waals surface area contributed by atoms with Crippen molar-refractivity contribution in [2.24, 2.45) is 0 Å². The van der Waals surface area contributed by atoms with E-state index in [4.69, 9.17) is 9.15 Å². The molecule has 0 aliphatic carbocycles. The molecule has 1 aromatic heterocycles. The van der Waals surface area contributed by atoms with Crippen LogP contribution in [-0.4, -0.2) is 18.0 Å². The van der Waals surface area contributed by atoms with E-state index in [1.807, 2.05) is 85.8 Å². The van der Waals surface area contributed by atoms with Gasteiger partial charge in [-0.05, 0) is 59.7 Å². The molecule has 5 heteroatoms. The van der Waals surface area contributed by atoms with Gasteiger partial charge >= 0.3 is 0 Å². The molecule has 152 valence electrons. The first kappa shape index (κ1) is 18.9. The van der Waals surface area contributed by atoms with Crippen molar-refractivity contribution in [3.05, 3.63) is 90.0 Å². The number of carbonyl (C=O) groups excluding carboxylic acids is 1. The van der Waals surface area contributed by atoms with Crippen molar-refractivity contribution in [1.29, 1.82) is 0 Å². The van der Waals surface area contributed by atoms with Crippen molar-refractivity contribution >= 4 is 33.5 Å². The molecule has 0 spiro atoms. The Bertz CT molecular complexity index is 1440. The first-order valence-electron chi connectivity index (χ1n) is 9.96. The van der Waals surface area contributed by atoms with E-state index in [1.54, 1.807) is 7.11 Å². The summed E-state index contributed by atoms with van der Waals surface area (Å²) in [6.07, 6.45) is 0. The van der Waals surface area contributed by atoms with Gasteiger partial charge in [-0.1, -0.05) is 36.4 Å². The lowest BCUT2D eigenvalue weighted by Crippen LogP contribution is -2.12. The predicted molar refractivity (Wildman–Crippen MR) is 123 cm³/mol. The zero-order chi connectivity index (χ0) is 21.4. The summed E-state index contributed by atoms with van der Waals surface area (Å²) in [6.45, 7) is 1.96. The van der Waals surface area contributed by atoms with Crippen LogP contribution in [0, 0.1) is 6.92 Å². The van der Waals surface area contributed by atoms with E-state index in [0.29, 0.717) is 17.0 Å². The van der Waals surface area contributed by atoms with Gasteiger partial charge in [0.05, 0.1) is 7.11 Å². The Morgan fingerprint density at radius 3 is 2.61 bits per heavy atom. The van der Waals surface area contributed by atoms with Crippen LogP contribution in [0.2, 0.25) is 0 Å². The third kappa shape index (κ3) is 3.62. The fraction of sp³-hybridized carbons (Fsp3) is 0.0769. The molecular formula is C26H20N2O3. The van der Waals surface area contributed by atoms with Crippen molar-refractivity contribution in [3.63, 3.8) is 0 Å². The Morgan fingerprint density at radius 2 is 1.77 bits per heavy atom. The summed E-state index contributed by atoms with van der Waals surface area (Å²) in [5.41, 5.74) is 4.47. The average Bonchev–Trinajstić information content (AvgIpc) is 3.23.